The van der Waals surface area contributed by atoms with E-state index in [-0.39, 0.29) is 5.91 Å². The first kappa shape index (κ1) is 19.2. The fraction of sp³-hybridized carbons (Fsp3) is 0.545. The van der Waals surface area contributed by atoms with Gasteiger partial charge in [-0.3, -0.25) is 14.6 Å². The lowest BCUT2D eigenvalue weighted by Crippen LogP contribution is -2.56. The van der Waals surface area contributed by atoms with Gasteiger partial charge in [0.25, 0.3) is 5.91 Å². The van der Waals surface area contributed by atoms with E-state index in [1.54, 1.807) is 0 Å². The molecule has 0 N–H and O–H groups in total. The summed E-state index contributed by atoms with van der Waals surface area (Å²) in [6, 6.07) is 12.8. The third-order valence-electron chi connectivity index (χ3n) is 5.95. The zero-order valence-electron chi connectivity index (χ0n) is 16.7. The molecule has 1 aromatic heterocycles. The van der Waals surface area contributed by atoms with Crippen molar-refractivity contribution in [3.05, 3.63) is 53.4 Å². The van der Waals surface area contributed by atoms with Crippen LogP contribution in [0.25, 0.3) is 0 Å². The molecule has 150 valence electrons. The van der Waals surface area contributed by atoms with Gasteiger partial charge >= 0.3 is 0 Å². The van der Waals surface area contributed by atoms with Gasteiger partial charge in [0, 0.05) is 38.3 Å². The van der Waals surface area contributed by atoms with Crippen LogP contribution >= 0.6 is 0 Å². The molecule has 2 aliphatic heterocycles. The molecule has 0 unspecified atom stereocenters. The van der Waals surface area contributed by atoms with Gasteiger partial charge in [-0.15, -0.1) is 0 Å². The molecule has 2 saturated heterocycles. The van der Waals surface area contributed by atoms with Crippen LogP contribution in [0.4, 0.5) is 0 Å². The Morgan fingerprint density at radius 1 is 1.21 bits per heavy atom. The van der Waals surface area contributed by atoms with Crippen LogP contribution in [0.2, 0.25) is 0 Å². The first-order chi connectivity index (χ1) is 13.7. The van der Waals surface area contributed by atoms with Gasteiger partial charge in [-0.05, 0) is 38.4 Å². The van der Waals surface area contributed by atoms with Crippen LogP contribution in [0, 0.1) is 0 Å². The van der Waals surface area contributed by atoms with Crippen LogP contribution in [0.3, 0.4) is 0 Å². The van der Waals surface area contributed by atoms with Gasteiger partial charge in [-0.2, -0.15) is 0 Å². The van der Waals surface area contributed by atoms with Gasteiger partial charge in [-0.1, -0.05) is 41.9 Å². The molecule has 0 saturated carbocycles. The second-order valence-corrected chi connectivity index (χ2v) is 8.09. The van der Waals surface area contributed by atoms with Gasteiger partial charge in [-0.25, -0.2) is 0 Å². The highest BCUT2D eigenvalue weighted by Crippen LogP contribution is 2.22. The van der Waals surface area contributed by atoms with E-state index in [1.165, 1.54) is 31.4 Å². The van der Waals surface area contributed by atoms with Crippen LogP contribution in [0.5, 0.6) is 0 Å². The van der Waals surface area contributed by atoms with Crippen LogP contribution in [-0.2, 0) is 13.0 Å². The van der Waals surface area contributed by atoms with Gasteiger partial charge in [0.05, 0.1) is 6.54 Å². The van der Waals surface area contributed by atoms with Crippen molar-refractivity contribution >= 4 is 5.91 Å². The van der Waals surface area contributed by atoms with Crippen LogP contribution < -0.4 is 0 Å². The molecule has 1 amide bonds. The van der Waals surface area contributed by atoms with E-state index in [0.717, 1.165) is 38.4 Å². The molecule has 3 heterocycles. The average molecular weight is 383 g/mol. The zero-order valence-corrected chi connectivity index (χ0v) is 16.7. The van der Waals surface area contributed by atoms with E-state index in [9.17, 15) is 4.79 Å². The van der Waals surface area contributed by atoms with Crippen molar-refractivity contribution in [3.63, 3.8) is 0 Å². The van der Waals surface area contributed by atoms with Crippen molar-refractivity contribution in [1.29, 1.82) is 0 Å². The Morgan fingerprint density at radius 3 is 2.93 bits per heavy atom. The van der Waals surface area contributed by atoms with E-state index in [2.05, 4.69) is 46.3 Å². The van der Waals surface area contributed by atoms with E-state index < -0.39 is 0 Å². The van der Waals surface area contributed by atoms with Crippen LogP contribution in [-0.4, -0.2) is 71.6 Å². The Morgan fingerprint density at radius 2 is 2.07 bits per heavy atom. The normalized spacial score (nSPS) is 20.4. The Labute approximate surface area is 167 Å². The molecule has 2 fully saturated rings. The molecule has 2 aromatic rings. The first-order valence-corrected chi connectivity index (χ1v) is 10.4. The van der Waals surface area contributed by atoms with Crippen molar-refractivity contribution < 1.29 is 9.32 Å². The van der Waals surface area contributed by atoms with Crippen LogP contribution in [0.1, 0.15) is 41.1 Å². The number of piperazine rings is 1. The van der Waals surface area contributed by atoms with Crippen molar-refractivity contribution in [2.45, 2.75) is 38.3 Å². The Kier molecular flexibility index (Phi) is 6.07. The maximum Gasteiger partial charge on any atom is 0.276 e. The minimum absolute atomic E-state index is 0.00663. The maximum absolute atomic E-state index is 12.9. The minimum atomic E-state index is 0.00663. The molecule has 6 nitrogen and oxygen atoms in total. The van der Waals surface area contributed by atoms with Gasteiger partial charge in [0.1, 0.15) is 0 Å². The lowest BCUT2D eigenvalue weighted by Gasteiger charge is -2.43. The summed E-state index contributed by atoms with van der Waals surface area (Å²) in [5.41, 5.74) is 1.76. The second-order valence-electron chi connectivity index (χ2n) is 8.09. The molecule has 1 aromatic carbocycles. The number of likely N-dealkylation sites (N-methyl/N-ethyl adjacent to an activating group) is 1. The summed E-state index contributed by atoms with van der Waals surface area (Å²) in [6.07, 6.45) is 4.74. The maximum atomic E-state index is 12.9. The predicted octanol–water partition coefficient (Wildman–Crippen LogP) is 2.66. The summed E-state index contributed by atoms with van der Waals surface area (Å²) in [7, 11) is 2.06. The topological polar surface area (TPSA) is 52.8 Å². The van der Waals surface area contributed by atoms with Crippen molar-refractivity contribution in [2.75, 3.05) is 39.8 Å². The standard InChI is InChI=1S/C22H30N4O2/c1-24(12-10-18-7-3-2-4-8-18)17-20-15-21(23-28-20)22(27)26-14-13-25-11-6-5-9-19(25)16-26/h2-4,7-8,15,19H,5-6,9-14,16-17H2,1H3/t19-/m1/s1. The van der Waals surface area contributed by atoms with Gasteiger partial charge in [0.15, 0.2) is 11.5 Å². The Hall–Kier alpha value is -2.18. The quantitative estimate of drug-likeness (QED) is 0.769. The van der Waals surface area contributed by atoms with Crippen LogP contribution in [0.15, 0.2) is 40.9 Å². The number of rotatable bonds is 6. The van der Waals surface area contributed by atoms with Crippen molar-refractivity contribution in [2.24, 2.45) is 0 Å². The third kappa shape index (κ3) is 4.62. The molecular formula is C22H30N4O2. The number of aromatic nitrogens is 1. The number of fused-ring (bicyclic) bond motifs is 1. The summed E-state index contributed by atoms with van der Waals surface area (Å²) in [5.74, 6) is 0.752. The smallest absolute Gasteiger partial charge is 0.276 e. The lowest BCUT2D eigenvalue weighted by atomic mass is 9.99. The molecular weight excluding hydrogens is 352 g/mol. The number of carbonyl (C=O) groups is 1. The number of hydrogen-bond donors (Lipinski definition) is 0. The number of piperidine rings is 1. The largest absolute Gasteiger partial charge is 0.359 e. The van der Waals surface area contributed by atoms with E-state index in [4.69, 9.17) is 4.52 Å². The number of nitrogens with zero attached hydrogens (tertiary/aromatic N) is 4. The summed E-state index contributed by atoms with van der Waals surface area (Å²) in [5, 5.41) is 4.06. The predicted molar refractivity (Wildman–Crippen MR) is 108 cm³/mol. The van der Waals surface area contributed by atoms with E-state index in [0.29, 0.717) is 18.3 Å². The lowest BCUT2D eigenvalue weighted by molar-refractivity contribution is 0.0365. The number of amides is 1. The highest BCUT2D eigenvalue weighted by molar-refractivity contribution is 5.92. The summed E-state index contributed by atoms with van der Waals surface area (Å²) in [6.45, 7) is 5.34. The molecule has 0 radical (unpaired) electrons. The summed E-state index contributed by atoms with van der Waals surface area (Å²) >= 11 is 0. The molecule has 2 aliphatic rings. The van der Waals surface area contributed by atoms with E-state index in [1.807, 2.05) is 17.0 Å². The fourth-order valence-electron chi connectivity index (χ4n) is 4.30. The average Bonchev–Trinajstić information content (AvgIpc) is 3.20. The third-order valence-corrected chi connectivity index (χ3v) is 5.95. The highest BCUT2D eigenvalue weighted by Gasteiger charge is 2.32. The second kappa shape index (κ2) is 8.88. The molecule has 4 rings (SSSR count). The Bertz CT molecular complexity index is 776. The monoisotopic (exact) mass is 382 g/mol. The zero-order chi connectivity index (χ0) is 19.3. The molecule has 0 aliphatic carbocycles. The number of hydrogen-bond acceptors (Lipinski definition) is 5. The SMILES string of the molecule is CN(CCc1ccccc1)Cc1cc(C(=O)N2CCN3CCCC[C@@H]3C2)no1. The molecule has 6 heteroatoms. The Balaban J connectivity index is 1.29. The number of carbonyl (C=O) groups excluding carboxylic acids is 1. The van der Waals surface area contributed by atoms with Crippen molar-refractivity contribution in [1.82, 2.24) is 19.9 Å². The molecule has 0 spiro atoms. The fourth-order valence-corrected chi connectivity index (χ4v) is 4.30. The van der Waals surface area contributed by atoms with Gasteiger partial charge < -0.3 is 9.42 Å². The first-order valence-electron chi connectivity index (χ1n) is 10.4. The molecule has 1 atom stereocenters. The van der Waals surface area contributed by atoms with Gasteiger partial charge in [0.2, 0.25) is 0 Å². The van der Waals surface area contributed by atoms with Crippen molar-refractivity contribution in [3.8, 4) is 0 Å². The highest BCUT2D eigenvalue weighted by atomic mass is 16.5. The molecule has 0 bridgehead atoms. The minimum Gasteiger partial charge on any atom is -0.359 e. The summed E-state index contributed by atoms with van der Waals surface area (Å²) in [4.78, 5) is 19.5. The number of benzene rings is 1. The molecule has 28 heavy (non-hydrogen) atoms. The van der Waals surface area contributed by atoms with E-state index >= 15 is 0 Å². The summed E-state index contributed by atoms with van der Waals surface area (Å²) < 4.78 is 5.46.